The Morgan fingerprint density at radius 3 is 2.88 bits per heavy atom. The highest BCUT2D eigenvalue weighted by Crippen LogP contribution is 2.29. The number of ether oxygens (including phenoxy) is 1. The van der Waals surface area contributed by atoms with Crippen LogP contribution in [0.2, 0.25) is 0 Å². The normalized spacial score (nSPS) is 17.2. The lowest BCUT2D eigenvalue weighted by Gasteiger charge is -2.33. The summed E-state index contributed by atoms with van der Waals surface area (Å²) in [6, 6.07) is 0. The van der Waals surface area contributed by atoms with E-state index in [-0.39, 0.29) is 0 Å². The Hall–Kier alpha value is -1.36. The number of anilines is 1. The molecule has 0 saturated carbocycles. The van der Waals surface area contributed by atoms with E-state index in [1.165, 1.54) is 12.8 Å². The molecule has 1 aliphatic heterocycles. The van der Waals surface area contributed by atoms with Gasteiger partial charge in [-0.2, -0.15) is 0 Å². The van der Waals surface area contributed by atoms with E-state index in [0.717, 1.165) is 43.5 Å². The van der Waals surface area contributed by atoms with Gasteiger partial charge >= 0.3 is 0 Å². The van der Waals surface area contributed by atoms with Crippen molar-refractivity contribution >= 4 is 5.82 Å². The number of nitrogens with two attached hydrogens (primary N) is 1. The van der Waals surface area contributed by atoms with Crippen molar-refractivity contribution in [3.05, 3.63) is 12.5 Å². The van der Waals surface area contributed by atoms with Gasteiger partial charge in [0.05, 0.1) is 13.3 Å². The molecule has 0 aromatic carbocycles. The zero-order valence-electron chi connectivity index (χ0n) is 10.3. The number of nitrogens with zero attached hydrogens (tertiary/aromatic N) is 3. The first-order valence-corrected chi connectivity index (χ1v) is 6.14. The van der Waals surface area contributed by atoms with Crippen LogP contribution in [0.1, 0.15) is 19.3 Å². The summed E-state index contributed by atoms with van der Waals surface area (Å²) < 4.78 is 5.29. The summed E-state index contributed by atoms with van der Waals surface area (Å²) >= 11 is 0. The fraction of sp³-hybridized carbons (Fsp3) is 0.667. The van der Waals surface area contributed by atoms with Gasteiger partial charge in [-0.1, -0.05) is 0 Å². The third kappa shape index (κ3) is 2.85. The minimum atomic E-state index is 0.754. The Labute approximate surface area is 102 Å². The monoisotopic (exact) mass is 236 g/mol. The van der Waals surface area contributed by atoms with Crippen LogP contribution in [0.5, 0.6) is 5.75 Å². The van der Waals surface area contributed by atoms with Crippen molar-refractivity contribution in [3.63, 3.8) is 0 Å². The van der Waals surface area contributed by atoms with Gasteiger partial charge in [0.1, 0.15) is 6.33 Å². The van der Waals surface area contributed by atoms with Crippen LogP contribution in [0, 0.1) is 5.92 Å². The lowest BCUT2D eigenvalue weighted by molar-refractivity contribution is 0.375. The molecule has 94 valence electrons. The third-order valence-electron chi connectivity index (χ3n) is 3.37. The van der Waals surface area contributed by atoms with Crippen molar-refractivity contribution < 1.29 is 4.74 Å². The topological polar surface area (TPSA) is 64.3 Å². The van der Waals surface area contributed by atoms with Crippen molar-refractivity contribution in [2.24, 2.45) is 11.7 Å². The minimum absolute atomic E-state index is 0.754. The average molecular weight is 236 g/mol. The zero-order chi connectivity index (χ0) is 12.1. The summed E-state index contributed by atoms with van der Waals surface area (Å²) in [6.07, 6.45) is 6.79. The van der Waals surface area contributed by atoms with Crippen molar-refractivity contribution in [1.82, 2.24) is 9.97 Å². The van der Waals surface area contributed by atoms with Crippen LogP contribution in [0.3, 0.4) is 0 Å². The van der Waals surface area contributed by atoms with Crippen LogP contribution < -0.4 is 15.4 Å². The largest absolute Gasteiger partial charge is 0.491 e. The fourth-order valence-corrected chi connectivity index (χ4v) is 2.36. The molecule has 0 bridgehead atoms. The maximum Gasteiger partial charge on any atom is 0.179 e. The summed E-state index contributed by atoms with van der Waals surface area (Å²) in [5.41, 5.74) is 5.60. The number of hydrogen-bond donors (Lipinski definition) is 1. The van der Waals surface area contributed by atoms with Gasteiger partial charge < -0.3 is 15.4 Å². The van der Waals surface area contributed by atoms with Crippen LogP contribution in [0.4, 0.5) is 5.82 Å². The van der Waals surface area contributed by atoms with E-state index < -0.39 is 0 Å². The van der Waals surface area contributed by atoms with Gasteiger partial charge in [-0.3, -0.25) is 0 Å². The first kappa shape index (κ1) is 12.1. The van der Waals surface area contributed by atoms with Gasteiger partial charge in [-0.15, -0.1) is 0 Å². The predicted octanol–water partition coefficient (Wildman–Crippen LogP) is 1.05. The second-order valence-corrected chi connectivity index (χ2v) is 4.42. The van der Waals surface area contributed by atoms with E-state index >= 15 is 0 Å². The molecular formula is C12H20N4O. The Bertz CT molecular complexity index is 350. The maximum absolute atomic E-state index is 5.60. The quantitative estimate of drug-likeness (QED) is 0.846. The number of rotatable bonds is 4. The number of piperidine rings is 1. The van der Waals surface area contributed by atoms with Gasteiger partial charge in [0.2, 0.25) is 0 Å². The molecule has 2 rings (SSSR count). The first-order valence-electron chi connectivity index (χ1n) is 6.14. The van der Waals surface area contributed by atoms with Crippen molar-refractivity contribution in [2.75, 3.05) is 31.6 Å². The maximum atomic E-state index is 5.60. The summed E-state index contributed by atoms with van der Waals surface area (Å²) in [7, 11) is 1.66. The lowest BCUT2D eigenvalue weighted by atomic mass is 9.94. The molecule has 2 heterocycles. The molecule has 0 radical (unpaired) electrons. The van der Waals surface area contributed by atoms with E-state index in [1.54, 1.807) is 19.6 Å². The highest BCUT2D eigenvalue weighted by atomic mass is 16.5. The summed E-state index contributed by atoms with van der Waals surface area (Å²) in [4.78, 5) is 10.6. The zero-order valence-corrected chi connectivity index (χ0v) is 10.3. The van der Waals surface area contributed by atoms with Crippen LogP contribution in [-0.2, 0) is 0 Å². The van der Waals surface area contributed by atoms with Crippen LogP contribution in [-0.4, -0.2) is 36.7 Å². The van der Waals surface area contributed by atoms with E-state index in [9.17, 15) is 0 Å². The summed E-state index contributed by atoms with van der Waals surface area (Å²) in [5.74, 6) is 2.43. The highest BCUT2D eigenvalue weighted by Gasteiger charge is 2.21. The first-order chi connectivity index (χ1) is 8.35. The minimum Gasteiger partial charge on any atom is -0.491 e. The summed E-state index contributed by atoms with van der Waals surface area (Å²) in [5, 5.41) is 0. The molecule has 1 saturated heterocycles. The second-order valence-electron chi connectivity index (χ2n) is 4.42. The van der Waals surface area contributed by atoms with Crippen LogP contribution in [0.15, 0.2) is 12.5 Å². The van der Waals surface area contributed by atoms with E-state index in [4.69, 9.17) is 10.5 Å². The number of methoxy groups -OCH3 is 1. The molecule has 1 aromatic heterocycles. The van der Waals surface area contributed by atoms with E-state index in [0.29, 0.717) is 0 Å². The lowest BCUT2D eigenvalue weighted by Crippen LogP contribution is -2.35. The van der Waals surface area contributed by atoms with Gasteiger partial charge in [0.15, 0.2) is 11.6 Å². The smallest absolute Gasteiger partial charge is 0.179 e. The molecule has 0 spiro atoms. The van der Waals surface area contributed by atoms with Gasteiger partial charge in [-0.05, 0) is 31.7 Å². The SMILES string of the molecule is COc1cncnc1N1CCC(CCN)CC1. The molecular weight excluding hydrogens is 216 g/mol. The number of aromatic nitrogens is 2. The van der Waals surface area contributed by atoms with Crippen LogP contribution in [0.25, 0.3) is 0 Å². The Morgan fingerprint density at radius 1 is 1.47 bits per heavy atom. The summed E-state index contributed by atoms with van der Waals surface area (Å²) in [6.45, 7) is 2.84. The van der Waals surface area contributed by atoms with Gasteiger partial charge in [0.25, 0.3) is 0 Å². The number of hydrogen-bond acceptors (Lipinski definition) is 5. The Balaban J connectivity index is 2.00. The Morgan fingerprint density at radius 2 is 2.24 bits per heavy atom. The standard InChI is InChI=1S/C12H20N4O/c1-17-11-8-14-9-15-12(11)16-6-3-10(2-5-13)4-7-16/h8-10H,2-7,13H2,1H3. The van der Waals surface area contributed by atoms with Gasteiger partial charge in [-0.25, -0.2) is 9.97 Å². The third-order valence-corrected chi connectivity index (χ3v) is 3.37. The second kappa shape index (κ2) is 5.82. The van der Waals surface area contributed by atoms with Crippen LogP contribution >= 0.6 is 0 Å². The highest BCUT2D eigenvalue weighted by molar-refractivity contribution is 5.50. The van der Waals surface area contributed by atoms with Crippen molar-refractivity contribution in [3.8, 4) is 5.75 Å². The van der Waals surface area contributed by atoms with Gasteiger partial charge in [0, 0.05) is 13.1 Å². The molecule has 2 N–H and O–H groups in total. The van der Waals surface area contributed by atoms with E-state index in [2.05, 4.69) is 14.9 Å². The molecule has 1 aliphatic rings. The average Bonchev–Trinajstić information content (AvgIpc) is 2.40. The predicted molar refractivity (Wildman–Crippen MR) is 67.2 cm³/mol. The molecule has 0 aliphatic carbocycles. The fourth-order valence-electron chi connectivity index (χ4n) is 2.36. The molecule has 5 nitrogen and oxygen atoms in total. The molecule has 0 amide bonds. The van der Waals surface area contributed by atoms with E-state index in [1.807, 2.05) is 0 Å². The molecule has 17 heavy (non-hydrogen) atoms. The molecule has 5 heteroatoms. The van der Waals surface area contributed by atoms with Crippen molar-refractivity contribution in [2.45, 2.75) is 19.3 Å². The Kier molecular flexibility index (Phi) is 4.14. The van der Waals surface area contributed by atoms with Crippen molar-refractivity contribution in [1.29, 1.82) is 0 Å². The molecule has 0 unspecified atom stereocenters. The molecule has 0 atom stereocenters. The molecule has 1 fully saturated rings. The molecule has 1 aromatic rings.